The number of rotatable bonds is 0. The van der Waals surface area contributed by atoms with E-state index >= 15 is 0 Å². The highest BCUT2D eigenvalue weighted by Crippen LogP contribution is 2.23. The smallest absolute Gasteiger partial charge is 0.0276 e. The third-order valence-corrected chi connectivity index (χ3v) is 8.26. The van der Waals surface area contributed by atoms with E-state index in [1.54, 1.807) is 33.4 Å². The highest BCUT2D eigenvalue weighted by Gasteiger charge is 2.08. The van der Waals surface area contributed by atoms with Crippen LogP contribution in [0.3, 0.4) is 0 Å². The molecule has 0 bridgehead atoms. The second-order valence-corrected chi connectivity index (χ2v) is 11.5. The summed E-state index contributed by atoms with van der Waals surface area (Å²) in [5.74, 6) is 0. The van der Waals surface area contributed by atoms with Gasteiger partial charge in [0.25, 0.3) is 0 Å². The van der Waals surface area contributed by atoms with E-state index in [9.17, 15) is 0 Å². The van der Waals surface area contributed by atoms with Crippen LogP contribution in [0, 0.1) is 20.8 Å². The average Bonchev–Trinajstić information content (AvgIpc) is 3.35. The second kappa shape index (κ2) is 13.8. The molecule has 0 atom stereocenters. The molecule has 0 amide bonds. The molecule has 0 saturated heterocycles. The Morgan fingerprint density at radius 2 is 0.556 bits per heavy atom. The molecule has 0 nitrogen and oxygen atoms in total. The standard InChI is InChI=1S/3C12H16/c3*1-10-7-8-11-5-3-2-4-6-12(11)9-10/h3*7-9H,2-6H2,1H3. The van der Waals surface area contributed by atoms with Crippen LogP contribution in [0.1, 0.15) is 108 Å². The van der Waals surface area contributed by atoms with Gasteiger partial charge in [0.2, 0.25) is 0 Å². The van der Waals surface area contributed by atoms with Gasteiger partial charge >= 0.3 is 0 Å². The Morgan fingerprint density at radius 3 is 0.833 bits per heavy atom. The van der Waals surface area contributed by atoms with Gasteiger partial charge in [0, 0.05) is 0 Å². The fraction of sp³-hybridized carbons (Fsp3) is 0.500. The molecule has 0 unspecified atom stereocenters. The van der Waals surface area contributed by atoms with Crippen LogP contribution in [0.15, 0.2) is 54.6 Å². The van der Waals surface area contributed by atoms with Crippen LogP contribution in [0.25, 0.3) is 0 Å². The van der Waals surface area contributed by atoms with Crippen molar-refractivity contribution in [2.24, 2.45) is 0 Å². The molecule has 0 N–H and O–H groups in total. The molecule has 0 radical (unpaired) electrons. The zero-order valence-corrected chi connectivity index (χ0v) is 23.3. The quantitative estimate of drug-likeness (QED) is 0.281. The summed E-state index contributed by atoms with van der Waals surface area (Å²) in [6, 6.07) is 20.8. The minimum atomic E-state index is 1.30. The van der Waals surface area contributed by atoms with Crippen molar-refractivity contribution in [3.63, 3.8) is 0 Å². The third kappa shape index (κ3) is 8.09. The number of hydrogen-bond acceptors (Lipinski definition) is 0. The average molecular weight is 481 g/mol. The Morgan fingerprint density at radius 1 is 0.306 bits per heavy atom. The highest BCUT2D eigenvalue weighted by atomic mass is 14.1. The molecule has 3 aliphatic carbocycles. The molecule has 6 rings (SSSR count). The predicted octanol–water partition coefficient (Wildman–Crippen LogP) is 9.79. The van der Waals surface area contributed by atoms with E-state index in [1.165, 1.54) is 113 Å². The van der Waals surface area contributed by atoms with Crippen molar-refractivity contribution in [1.82, 2.24) is 0 Å². The third-order valence-electron chi connectivity index (χ3n) is 8.26. The molecule has 0 heterocycles. The van der Waals surface area contributed by atoms with Crippen LogP contribution >= 0.6 is 0 Å². The molecule has 36 heavy (non-hydrogen) atoms. The van der Waals surface area contributed by atoms with Crippen molar-refractivity contribution in [1.29, 1.82) is 0 Å². The summed E-state index contributed by atoms with van der Waals surface area (Å²) in [6.07, 6.45) is 20.4. The largest absolute Gasteiger partial charge is 0.0590 e. The van der Waals surface area contributed by atoms with Crippen LogP contribution < -0.4 is 0 Å². The van der Waals surface area contributed by atoms with Gasteiger partial charge < -0.3 is 0 Å². The number of hydrogen-bond donors (Lipinski definition) is 0. The Bertz CT molecular complexity index is 962. The van der Waals surface area contributed by atoms with E-state index in [2.05, 4.69) is 75.4 Å². The minimum absolute atomic E-state index is 1.30. The van der Waals surface area contributed by atoms with Gasteiger partial charge in [-0.2, -0.15) is 0 Å². The van der Waals surface area contributed by atoms with Gasteiger partial charge in [0.05, 0.1) is 0 Å². The van der Waals surface area contributed by atoms with E-state index in [1.807, 2.05) is 0 Å². The van der Waals surface area contributed by atoms with E-state index in [0.717, 1.165) is 0 Å². The van der Waals surface area contributed by atoms with Crippen molar-refractivity contribution in [3.8, 4) is 0 Å². The van der Waals surface area contributed by atoms with Gasteiger partial charge in [0.1, 0.15) is 0 Å². The Kier molecular flexibility index (Phi) is 10.3. The summed E-state index contributed by atoms with van der Waals surface area (Å²) in [6.45, 7) is 6.56. The van der Waals surface area contributed by atoms with Crippen molar-refractivity contribution < 1.29 is 0 Å². The molecule has 0 fully saturated rings. The molecular formula is C36H48. The molecule has 0 saturated carbocycles. The maximum Gasteiger partial charge on any atom is -0.0276 e. The van der Waals surface area contributed by atoms with Crippen LogP contribution in [-0.2, 0) is 38.5 Å². The van der Waals surface area contributed by atoms with Crippen molar-refractivity contribution in [3.05, 3.63) is 105 Å². The first-order valence-electron chi connectivity index (χ1n) is 14.8. The van der Waals surface area contributed by atoms with Gasteiger partial charge in [-0.3, -0.25) is 0 Å². The SMILES string of the molecule is Cc1ccc2c(c1)CCCCC2.Cc1ccc2c(c1)CCCCC2.Cc1ccc2c(c1)CCCCC2. The highest BCUT2D eigenvalue weighted by molar-refractivity contribution is 5.34. The maximum absolute atomic E-state index is 2.36. The molecule has 0 heteroatoms. The van der Waals surface area contributed by atoms with Gasteiger partial charge in [-0.05, 0) is 131 Å². The molecule has 0 spiro atoms. The lowest BCUT2D eigenvalue weighted by atomic mass is 10.0. The first-order valence-corrected chi connectivity index (χ1v) is 14.8. The fourth-order valence-electron chi connectivity index (χ4n) is 6.12. The summed E-state index contributed by atoms with van der Waals surface area (Å²) in [4.78, 5) is 0. The molecule has 0 aromatic heterocycles. The van der Waals surface area contributed by atoms with Gasteiger partial charge in [-0.25, -0.2) is 0 Å². The summed E-state index contributed by atoms with van der Waals surface area (Å²) in [5.41, 5.74) is 13.8. The van der Waals surface area contributed by atoms with Crippen LogP contribution in [0.5, 0.6) is 0 Å². The van der Waals surface area contributed by atoms with Gasteiger partial charge in [0.15, 0.2) is 0 Å². The Balaban J connectivity index is 0.000000127. The first kappa shape index (κ1) is 26.7. The lowest BCUT2D eigenvalue weighted by Gasteiger charge is -2.05. The van der Waals surface area contributed by atoms with Gasteiger partial charge in [-0.1, -0.05) is 90.6 Å². The van der Waals surface area contributed by atoms with E-state index in [-0.39, 0.29) is 0 Å². The molecule has 0 aliphatic heterocycles. The van der Waals surface area contributed by atoms with Crippen LogP contribution in [0.4, 0.5) is 0 Å². The number of aryl methyl sites for hydroxylation is 9. The molecule has 3 aromatic carbocycles. The van der Waals surface area contributed by atoms with E-state index in [4.69, 9.17) is 0 Å². The summed E-state index contributed by atoms with van der Waals surface area (Å²) in [5, 5.41) is 0. The van der Waals surface area contributed by atoms with Crippen molar-refractivity contribution in [2.75, 3.05) is 0 Å². The maximum atomic E-state index is 2.36. The summed E-state index contributed by atoms with van der Waals surface area (Å²) in [7, 11) is 0. The first-order chi connectivity index (χ1) is 17.6. The van der Waals surface area contributed by atoms with E-state index < -0.39 is 0 Å². The predicted molar refractivity (Wildman–Crippen MR) is 157 cm³/mol. The van der Waals surface area contributed by atoms with Crippen LogP contribution in [0.2, 0.25) is 0 Å². The zero-order valence-electron chi connectivity index (χ0n) is 23.3. The molecule has 192 valence electrons. The van der Waals surface area contributed by atoms with E-state index in [0.29, 0.717) is 0 Å². The lowest BCUT2D eigenvalue weighted by molar-refractivity contribution is 0.711. The monoisotopic (exact) mass is 480 g/mol. The van der Waals surface area contributed by atoms with Crippen molar-refractivity contribution >= 4 is 0 Å². The zero-order chi connectivity index (χ0) is 25.2. The summed E-state index contributed by atoms with van der Waals surface area (Å²) >= 11 is 0. The Hall–Kier alpha value is -2.34. The number of fused-ring (bicyclic) bond motifs is 3. The molecule has 3 aromatic rings. The second-order valence-electron chi connectivity index (χ2n) is 11.5. The normalized spacial score (nSPS) is 16.8. The van der Waals surface area contributed by atoms with Crippen LogP contribution in [-0.4, -0.2) is 0 Å². The fourth-order valence-corrected chi connectivity index (χ4v) is 6.12. The van der Waals surface area contributed by atoms with Gasteiger partial charge in [-0.15, -0.1) is 0 Å². The van der Waals surface area contributed by atoms with Crippen molar-refractivity contribution in [2.45, 2.75) is 117 Å². The minimum Gasteiger partial charge on any atom is -0.0590 e. The number of benzene rings is 3. The Labute approximate surface area is 221 Å². The summed E-state index contributed by atoms with van der Waals surface area (Å²) < 4.78 is 0. The lowest BCUT2D eigenvalue weighted by Crippen LogP contribution is -1.90. The molecule has 3 aliphatic rings. The molecular weight excluding hydrogens is 432 g/mol. The topological polar surface area (TPSA) is 0 Å².